The molecule has 0 unspecified atom stereocenters. The van der Waals surface area contributed by atoms with Crippen LogP contribution in [0.25, 0.3) is 0 Å². The zero-order valence-electron chi connectivity index (χ0n) is 9.56. The molecule has 17 heavy (non-hydrogen) atoms. The molecular weight excluding hydrogens is 218 g/mol. The van der Waals surface area contributed by atoms with Crippen molar-refractivity contribution in [1.82, 2.24) is 0 Å². The summed E-state index contributed by atoms with van der Waals surface area (Å²) < 4.78 is 0. The minimum Gasteiger partial charge on any atom is -0.481 e. The molecule has 2 rings (SSSR count). The molecule has 1 aliphatic rings. The third-order valence-electron chi connectivity index (χ3n) is 3.05. The number of carboxylic acid groups (broad SMARTS) is 1. The molecule has 0 aliphatic carbocycles. The van der Waals surface area contributed by atoms with Gasteiger partial charge in [-0.3, -0.25) is 9.59 Å². The Balaban J connectivity index is 2.19. The molecule has 4 nitrogen and oxygen atoms in total. The van der Waals surface area contributed by atoms with Gasteiger partial charge in [0.15, 0.2) is 0 Å². The van der Waals surface area contributed by atoms with Crippen LogP contribution in [-0.4, -0.2) is 30.5 Å². The number of rotatable bonds is 4. The standard InChI is InChI=1S/C13H15NO3/c15-9-10-3-4-12-11(8-10)2-1-6-14(12)7-5-13(16)17/h3-4,8-9H,1-2,5-7H2,(H,16,17). The Hall–Kier alpha value is -1.84. The Labute approximate surface area is 99.9 Å². The lowest BCUT2D eigenvalue weighted by Crippen LogP contribution is -2.31. The molecule has 0 saturated heterocycles. The van der Waals surface area contributed by atoms with Crippen molar-refractivity contribution < 1.29 is 14.7 Å². The van der Waals surface area contributed by atoms with E-state index in [0.717, 1.165) is 36.9 Å². The first kappa shape index (κ1) is 11.6. The van der Waals surface area contributed by atoms with E-state index in [4.69, 9.17) is 5.11 Å². The number of anilines is 1. The van der Waals surface area contributed by atoms with Crippen LogP contribution in [0.2, 0.25) is 0 Å². The zero-order valence-corrected chi connectivity index (χ0v) is 9.56. The summed E-state index contributed by atoms with van der Waals surface area (Å²) in [4.78, 5) is 23.4. The Kier molecular flexibility index (Phi) is 3.42. The van der Waals surface area contributed by atoms with Crippen molar-refractivity contribution in [3.8, 4) is 0 Å². The number of fused-ring (bicyclic) bond motifs is 1. The Bertz CT molecular complexity index is 442. The van der Waals surface area contributed by atoms with E-state index in [1.165, 1.54) is 0 Å². The lowest BCUT2D eigenvalue weighted by atomic mass is 9.99. The molecule has 0 radical (unpaired) electrons. The first-order chi connectivity index (χ1) is 8.20. The molecule has 0 amide bonds. The molecule has 1 aromatic carbocycles. The molecule has 90 valence electrons. The topological polar surface area (TPSA) is 57.6 Å². The summed E-state index contributed by atoms with van der Waals surface area (Å²) >= 11 is 0. The van der Waals surface area contributed by atoms with Gasteiger partial charge in [0.05, 0.1) is 6.42 Å². The molecule has 4 heteroatoms. The zero-order chi connectivity index (χ0) is 12.3. The Morgan fingerprint density at radius 1 is 1.47 bits per heavy atom. The highest BCUT2D eigenvalue weighted by molar-refractivity contribution is 5.77. The lowest BCUT2D eigenvalue weighted by molar-refractivity contribution is -0.136. The predicted octanol–water partition coefficient (Wildman–Crippen LogP) is 1.73. The van der Waals surface area contributed by atoms with E-state index in [2.05, 4.69) is 4.90 Å². The average Bonchev–Trinajstić information content (AvgIpc) is 2.35. The largest absolute Gasteiger partial charge is 0.481 e. The van der Waals surface area contributed by atoms with Crippen molar-refractivity contribution in [2.24, 2.45) is 0 Å². The number of hydrogen-bond acceptors (Lipinski definition) is 3. The van der Waals surface area contributed by atoms with Crippen molar-refractivity contribution in [3.05, 3.63) is 29.3 Å². The molecule has 1 aliphatic heterocycles. The van der Waals surface area contributed by atoms with Crippen molar-refractivity contribution in [2.45, 2.75) is 19.3 Å². The van der Waals surface area contributed by atoms with Crippen LogP contribution in [0.3, 0.4) is 0 Å². The van der Waals surface area contributed by atoms with E-state index >= 15 is 0 Å². The first-order valence-electron chi connectivity index (χ1n) is 5.75. The summed E-state index contributed by atoms with van der Waals surface area (Å²) in [6, 6.07) is 5.60. The fraction of sp³-hybridized carbons (Fsp3) is 0.385. The first-order valence-corrected chi connectivity index (χ1v) is 5.75. The third kappa shape index (κ3) is 2.64. The highest BCUT2D eigenvalue weighted by Gasteiger charge is 2.17. The normalized spacial score (nSPS) is 14.2. The number of carbonyl (C=O) groups excluding carboxylic acids is 1. The highest BCUT2D eigenvalue weighted by Crippen LogP contribution is 2.27. The second-order valence-electron chi connectivity index (χ2n) is 4.24. The number of aryl methyl sites for hydroxylation is 1. The van der Waals surface area contributed by atoms with Crippen LogP contribution >= 0.6 is 0 Å². The van der Waals surface area contributed by atoms with Crippen LogP contribution in [-0.2, 0) is 11.2 Å². The second-order valence-corrected chi connectivity index (χ2v) is 4.24. The summed E-state index contributed by atoms with van der Waals surface area (Å²) in [5.74, 6) is -0.776. The monoisotopic (exact) mass is 233 g/mol. The van der Waals surface area contributed by atoms with Gasteiger partial charge in [-0.15, -0.1) is 0 Å². The van der Waals surface area contributed by atoms with E-state index < -0.39 is 5.97 Å². The minimum absolute atomic E-state index is 0.148. The van der Waals surface area contributed by atoms with Crippen LogP contribution < -0.4 is 4.90 Å². The maximum Gasteiger partial charge on any atom is 0.305 e. The smallest absolute Gasteiger partial charge is 0.305 e. The predicted molar refractivity (Wildman–Crippen MR) is 64.6 cm³/mol. The fourth-order valence-corrected chi connectivity index (χ4v) is 2.23. The number of benzene rings is 1. The number of nitrogens with zero attached hydrogens (tertiary/aromatic N) is 1. The van der Waals surface area contributed by atoms with Gasteiger partial charge in [0.1, 0.15) is 6.29 Å². The van der Waals surface area contributed by atoms with E-state index in [9.17, 15) is 9.59 Å². The Morgan fingerprint density at radius 2 is 2.29 bits per heavy atom. The van der Waals surface area contributed by atoms with Crippen molar-refractivity contribution in [3.63, 3.8) is 0 Å². The minimum atomic E-state index is -0.776. The molecule has 0 bridgehead atoms. The molecule has 1 N–H and O–H groups in total. The summed E-state index contributed by atoms with van der Waals surface area (Å²) in [6.45, 7) is 1.42. The molecular formula is C13H15NO3. The van der Waals surface area contributed by atoms with E-state index in [1.807, 2.05) is 12.1 Å². The third-order valence-corrected chi connectivity index (χ3v) is 3.05. The molecule has 0 aromatic heterocycles. The maximum absolute atomic E-state index is 10.7. The molecule has 0 saturated carbocycles. The van der Waals surface area contributed by atoms with Gasteiger partial charge < -0.3 is 10.0 Å². The molecule has 0 fully saturated rings. The highest BCUT2D eigenvalue weighted by atomic mass is 16.4. The fourth-order valence-electron chi connectivity index (χ4n) is 2.23. The SMILES string of the molecule is O=Cc1ccc2c(c1)CCCN2CCC(=O)O. The van der Waals surface area contributed by atoms with Gasteiger partial charge in [-0.25, -0.2) is 0 Å². The molecule has 0 spiro atoms. The lowest BCUT2D eigenvalue weighted by Gasteiger charge is -2.31. The molecule has 1 aromatic rings. The van der Waals surface area contributed by atoms with E-state index in [1.54, 1.807) is 6.07 Å². The van der Waals surface area contributed by atoms with Gasteiger partial charge in [0.2, 0.25) is 0 Å². The Morgan fingerprint density at radius 3 is 3.00 bits per heavy atom. The summed E-state index contributed by atoms with van der Waals surface area (Å²) in [5, 5.41) is 8.70. The van der Waals surface area contributed by atoms with Gasteiger partial charge in [-0.1, -0.05) is 0 Å². The van der Waals surface area contributed by atoms with Crippen molar-refractivity contribution in [1.29, 1.82) is 0 Å². The van der Waals surface area contributed by atoms with E-state index in [-0.39, 0.29) is 6.42 Å². The van der Waals surface area contributed by atoms with Gasteiger partial charge >= 0.3 is 5.97 Å². The number of carbonyl (C=O) groups is 2. The quantitative estimate of drug-likeness (QED) is 0.804. The van der Waals surface area contributed by atoms with Crippen LogP contribution in [0.4, 0.5) is 5.69 Å². The van der Waals surface area contributed by atoms with Gasteiger partial charge in [0.25, 0.3) is 0 Å². The van der Waals surface area contributed by atoms with Crippen LogP contribution in [0.1, 0.15) is 28.8 Å². The van der Waals surface area contributed by atoms with Crippen molar-refractivity contribution >= 4 is 17.9 Å². The number of hydrogen-bond donors (Lipinski definition) is 1. The summed E-state index contributed by atoms with van der Waals surface area (Å²) in [5.41, 5.74) is 2.90. The van der Waals surface area contributed by atoms with Gasteiger partial charge in [-0.05, 0) is 36.6 Å². The molecule has 1 heterocycles. The number of aliphatic carboxylic acids is 1. The second kappa shape index (κ2) is 4.99. The van der Waals surface area contributed by atoms with Crippen LogP contribution in [0.5, 0.6) is 0 Å². The van der Waals surface area contributed by atoms with Gasteiger partial charge in [-0.2, -0.15) is 0 Å². The van der Waals surface area contributed by atoms with Crippen LogP contribution in [0.15, 0.2) is 18.2 Å². The molecule has 0 atom stereocenters. The average molecular weight is 233 g/mol. The number of aldehydes is 1. The summed E-state index contributed by atoms with van der Waals surface area (Å²) in [7, 11) is 0. The summed E-state index contributed by atoms with van der Waals surface area (Å²) in [6.07, 6.45) is 2.96. The van der Waals surface area contributed by atoms with Crippen LogP contribution in [0, 0.1) is 0 Å². The maximum atomic E-state index is 10.7. The van der Waals surface area contributed by atoms with Gasteiger partial charge in [0, 0.05) is 24.3 Å². The number of carboxylic acids is 1. The van der Waals surface area contributed by atoms with Crippen molar-refractivity contribution in [2.75, 3.05) is 18.0 Å². The van der Waals surface area contributed by atoms with E-state index in [0.29, 0.717) is 12.1 Å².